The standard InChI is InChI=1S/C19H22F2N2O/c1-13(15-4-2-3-14(9-15)12-24)22-17-7-8-23(11-17)19-6-5-16(20)10-18(19)21/h2-6,9-10,13,17,22,24H,7-8,11-12H2,1H3. The molecule has 1 aliphatic heterocycles. The Kier molecular flexibility index (Phi) is 5.11. The number of nitrogens with zero attached hydrogens (tertiary/aromatic N) is 1. The quantitative estimate of drug-likeness (QED) is 0.881. The average Bonchev–Trinajstić information content (AvgIpc) is 3.03. The summed E-state index contributed by atoms with van der Waals surface area (Å²) in [6.45, 7) is 3.54. The summed E-state index contributed by atoms with van der Waals surface area (Å²) in [7, 11) is 0. The number of rotatable bonds is 5. The second-order valence-corrected chi connectivity index (χ2v) is 6.32. The Morgan fingerprint density at radius 3 is 2.83 bits per heavy atom. The molecule has 1 aliphatic rings. The largest absolute Gasteiger partial charge is 0.392 e. The Morgan fingerprint density at radius 2 is 2.08 bits per heavy atom. The van der Waals surface area contributed by atoms with Gasteiger partial charge in [0.05, 0.1) is 12.3 Å². The van der Waals surface area contributed by atoms with Crippen molar-refractivity contribution in [1.82, 2.24) is 5.32 Å². The van der Waals surface area contributed by atoms with E-state index in [9.17, 15) is 13.9 Å². The van der Waals surface area contributed by atoms with Crippen LogP contribution in [0.25, 0.3) is 0 Å². The molecule has 24 heavy (non-hydrogen) atoms. The van der Waals surface area contributed by atoms with E-state index in [1.165, 1.54) is 12.1 Å². The molecule has 0 amide bonds. The molecule has 1 heterocycles. The maximum atomic E-state index is 13.9. The summed E-state index contributed by atoms with van der Waals surface area (Å²) in [6, 6.07) is 12.0. The smallest absolute Gasteiger partial charge is 0.149 e. The van der Waals surface area contributed by atoms with Crippen molar-refractivity contribution in [3.8, 4) is 0 Å². The highest BCUT2D eigenvalue weighted by molar-refractivity contribution is 5.49. The van der Waals surface area contributed by atoms with Gasteiger partial charge in [0.25, 0.3) is 0 Å². The summed E-state index contributed by atoms with van der Waals surface area (Å²) in [5, 5.41) is 12.8. The van der Waals surface area contributed by atoms with Crippen LogP contribution in [0.2, 0.25) is 0 Å². The predicted octanol–water partition coefficient (Wildman–Crippen LogP) is 3.39. The van der Waals surface area contributed by atoms with Crippen LogP contribution in [-0.2, 0) is 6.61 Å². The van der Waals surface area contributed by atoms with Crippen molar-refractivity contribution in [3.63, 3.8) is 0 Å². The predicted molar refractivity (Wildman–Crippen MR) is 90.9 cm³/mol. The Morgan fingerprint density at radius 1 is 1.25 bits per heavy atom. The van der Waals surface area contributed by atoms with Crippen LogP contribution < -0.4 is 10.2 Å². The number of aliphatic hydroxyl groups excluding tert-OH is 1. The lowest BCUT2D eigenvalue weighted by Gasteiger charge is -2.22. The van der Waals surface area contributed by atoms with Crippen LogP contribution in [0.5, 0.6) is 0 Å². The van der Waals surface area contributed by atoms with Crippen molar-refractivity contribution in [3.05, 3.63) is 65.2 Å². The minimum absolute atomic E-state index is 0.0294. The lowest BCUT2D eigenvalue weighted by atomic mass is 10.0. The number of hydrogen-bond acceptors (Lipinski definition) is 3. The van der Waals surface area contributed by atoms with E-state index in [0.29, 0.717) is 12.2 Å². The highest BCUT2D eigenvalue weighted by atomic mass is 19.1. The first-order valence-electron chi connectivity index (χ1n) is 8.22. The van der Waals surface area contributed by atoms with Gasteiger partial charge in [0.2, 0.25) is 0 Å². The second-order valence-electron chi connectivity index (χ2n) is 6.32. The van der Waals surface area contributed by atoms with Crippen LogP contribution in [0.15, 0.2) is 42.5 Å². The summed E-state index contributed by atoms with van der Waals surface area (Å²) in [6.07, 6.45) is 0.904. The summed E-state index contributed by atoms with van der Waals surface area (Å²) in [4.78, 5) is 1.95. The Balaban J connectivity index is 1.63. The molecule has 128 valence electrons. The van der Waals surface area contributed by atoms with Gasteiger partial charge in [-0.1, -0.05) is 24.3 Å². The highest BCUT2D eigenvalue weighted by Crippen LogP contribution is 2.25. The highest BCUT2D eigenvalue weighted by Gasteiger charge is 2.25. The Labute approximate surface area is 140 Å². The number of halogens is 2. The van der Waals surface area contributed by atoms with Gasteiger partial charge in [0.15, 0.2) is 0 Å². The Hall–Kier alpha value is -1.98. The molecule has 0 aromatic heterocycles. The van der Waals surface area contributed by atoms with Gasteiger partial charge in [-0.2, -0.15) is 0 Å². The maximum absolute atomic E-state index is 13.9. The lowest BCUT2D eigenvalue weighted by Crippen LogP contribution is -2.34. The van der Waals surface area contributed by atoms with Gasteiger partial charge >= 0.3 is 0 Å². The molecule has 2 unspecified atom stereocenters. The number of anilines is 1. The SMILES string of the molecule is CC(NC1CCN(c2ccc(F)cc2F)C1)c1cccc(CO)c1. The first-order chi connectivity index (χ1) is 11.6. The van der Waals surface area contributed by atoms with Gasteiger partial charge in [0, 0.05) is 31.2 Å². The molecule has 2 aromatic rings. The van der Waals surface area contributed by atoms with Gasteiger partial charge in [-0.25, -0.2) is 8.78 Å². The minimum Gasteiger partial charge on any atom is -0.392 e. The van der Waals surface area contributed by atoms with E-state index in [1.807, 2.05) is 29.2 Å². The molecule has 0 spiro atoms. The van der Waals surface area contributed by atoms with E-state index in [0.717, 1.165) is 30.2 Å². The molecule has 0 aliphatic carbocycles. The molecule has 2 N–H and O–H groups in total. The molecule has 3 nitrogen and oxygen atoms in total. The van der Waals surface area contributed by atoms with Crippen molar-refractivity contribution >= 4 is 5.69 Å². The van der Waals surface area contributed by atoms with Gasteiger partial charge < -0.3 is 15.3 Å². The second kappa shape index (κ2) is 7.28. The topological polar surface area (TPSA) is 35.5 Å². The fourth-order valence-corrected chi connectivity index (χ4v) is 3.26. The average molecular weight is 332 g/mol. The zero-order valence-corrected chi connectivity index (χ0v) is 13.7. The van der Waals surface area contributed by atoms with Crippen LogP contribution in [0, 0.1) is 11.6 Å². The van der Waals surface area contributed by atoms with E-state index >= 15 is 0 Å². The third-order valence-electron chi connectivity index (χ3n) is 4.56. The number of hydrogen-bond donors (Lipinski definition) is 2. The number of aliphatic hydroxyl groups is 1. The lowest BCUT2D eigenvalue weighted by molar-refractivity contribution is 0.281. The normalized spacial score (nSPS) is 18.8. The molecule has 0 bridgehead atoms. The van der Waals surface area contributed by atoms with Crippen LogP contribution in [-0.4, -0.2) is 24.2 Å². The van der Waals surface area contributed by atoms with Crippen molar-refractivity contribution in [2.75, 3.05) is 18.0 Å². The fraction of sp³-hybridized carbons (Fsp3) is 0.368. The summed E-state index contributed by atoms with van der Waals surface area (Å²) >= 11 is 0. The van der Waals surface area contributed by atoms with Crippen LogP contribution in [0.4, 0.5) is 14.5 Å². The van der Waals surface area contributed by atoms with Gasteiger partial charge in [-0.3, -0.25) is 0 Å². The molecule has 2 atom stereocenters. The van der Waals surface area contributed by atoms with Crippen molar-refractivity contribution < 1.29 is 13.9 Å². The minimum atomic E-state index is -0.553. The fourth-order valence-electron chi connectivity index (χ4n) is 3.26. The maximum Gasteiger partial charge on any atom is 0.149 e. The Bertz CT molecular complexity index is 708. The molecular formula is C19H22F2N2O. The van der Waals surface area contributed by atoms with Crippen molar-refractivity contribution in [2.24, 2.45) is 0 Å². The molecule has 0 saturated carbocycles. The monoisotopic (exact) mass is 332 g/mol. The number of benzene rings is 2. The van der Waals surface area contributed by atoms with Crippen LogP contribution >= 0.6 is 0 Å². The molecule has 0 radical (unpaired) electrons. The zero-order chi connectivity index (χ0) is 17.1. The first kappa shape index (κ1) is 16.9. The van der Waals surface area contributed by atoms with Crippen LogP contribution in [0.3, 0.4) is 0 Å². The molecule has 2 aromatic carbocycles. The first-order valence-corrected chi connectivity index (χ1v) is 8.22. The molecule has 1 fully saturated rings. The van der Waals surface area contributed by atoms with Gasteiger partial charge in [-0.15, -0.1) is 0 Å². The van der Waals surface area contributed by atoms with E-state index in [2.05, 4.69) is 12.2 Å². The van der Waals surface area contributed by atoms with Gasteiger partial charge in [0.1, 0.15) is 11.6 Å². The van der Waals surface area contributed by atoms with Gasteiger partial charge in [-0.05, 0) is 36.6 Å². The van der Waals surface area contributed by atoms with E-state index in [-0.39, 0.29) is 18.7 Å². The third kappa shape index (κ3) is 3.74. The summed E-state index contributed by atoms with van der Waals surface area (Å²) in [5.74, 6) is -1.07. The number of nitrogens with one attached hydrogen (secondary N) is 1. The molecular weight excluding hydrogens is 310 g/mol. The molecule has 3 rings (SSSR count). The van der Waals surface area contributed by atoms with Crippen molar-refractivity contribution in [2.45, 2.75) is 32.0 Å². The summed E-state index contributed by atoms with van der Waals surface area (Å²) < 4.78 is 27.0. The van der Waals surface area contributed by atoms with Crippen molar-refractivity contribution in [1.29, 1.82) is 0 Å². The molecule has 5 heteroatoms. The molecule has 1 saturated heterocycles. The van der Waals surface area contributed by atoms with E-state index < -0.39 is 11.6 Å². The summed E-state index contributed by atoms with van der Waals surface area (Å²) in [5.41, 5.74) is 2.46. The van der Waals surface area contributed by atoms with Crippen LogP contribution in [0.1, 0.15) is 30.5 Å². The third-order valence-corrected chi connectivity index (χ3v) is 4.56. The van der Waals surface area contributed by atoms with E-state index in [1.54, 1.807) is 0 Å². The van der Waals surface area contributed by atoms with E-state index in [4.69, 9.17) is 0 Å². The zero-order valence-electron chi connectivity index (χ0n) is 13.7.